The summed E-state index contributed by atoms with van der Waals surface area (Å²) in [5.74, 6) is -0.535. The molecule has 0 bridgehead atoms. The van der Waals surface area contributed by atoms with Gasteiger partial charge in [-0.3, -0.25) is 9.52 Å². The quantitative estimate of drug-likeness (QED) is 0.480. The lowest BCUT2D eigenvalue weighted by Gasteiger charge is -2.13. The van der Waals surface area contributed by atoms with Crippen molar-refractivity contribution in [3.63, 3.8) is 0 Å². The number of carbonyl (C=O) groups is 1. The Morgan fingerprint density at radius 3 is 2.21 bits per heavy atom. The zero-order valence-corrected chi connectivity index (χ0v) is 18.1. The van der Waals surface area contributed by atoms with Gasteiger partial charge in [0.25, 0.3) is 15.9 Å². The van der Waals surface area contributed by atoms with Crippen LogP contribution >= 0.6 is 34.8 Å². The third kappa shape index (κ3) is 5.22. The van der Waals surface area contributed by atoms with Gasteiger partial charge in [-0.15, -0.1) is 0 Å². The Morgan fingerprint density at radius 1 is 0.897 bits per heavy atom. The van der Waals surface area contributed by atoms with Crippen LogP contribution in [0.2, 0.25) is 15.1 Å². The maximum atomic E-state index is 12.8. The van der Waals surface area contributed by atoms with E-state index in [0.717, 1.165) is 5.56 Å². The lowest BCUT2D eigenvalue weighted by atomic mass is 10.2. The third-order valence-electron chi connectivity index (χ3n) is 3.99. The highest BCUT2D eigenvalue weighted by Gasteiger charge is 2.21. The Bertz CT molecular complexity index is 1180. The molecule has 0 atom stereocenters. The van der Waals surface area contributed by atoms with Crippen LogP contribution in [0.15, 0.2) is 65.6 Å². The lowest BCUT2D eigenvalue weighted by Crippen LogP contribution is -2.17. The van der Waals surface area contributed by atoms with Crippen LogP contribution in [-0.4, -0.2) is 14.3 Å². The van der Waals surface area contributed by atoms with E-state index in [1.54, 1.807) is 31.2 Å². The van der Waals surface area contributed by atoms with E-state index < -0.39 is 15.9 Å². The SMILES string of the molecule is Cc1ccccc1NS(=O)(=O)c1cc(C(=O)Nc2cc(Cl)cc(Cl)c2)ccc1Cl. The molecule has 0 aliphatic carbocycles. The van der Waals surface area contributed by atoms with Crippen LogP contribution in [0.1, 0.15) is 15.9 Å². The van der Waals surface area contributed by atoms with Crippen molar-refractivity contribution >= 4 is 62.1 Å². The molecule has 0 saturated carbocycles. The third-order valence-corrected chi connectivity index (χ3v) is 6.28. The number of amides is 1. The molecule has 2 N–H and O–H groups in total. The minimum absolute atomic E-state index is 0.00608. The standard InChI is InChI=1S/C20H15Cl3N2O3S/c1-12-4-2-3-5-18(12)25-29(27,28)19-8-13(6-7-17(19)23)20(26)24-16-10-14(21)9-15(22)11-16/h2-11,25H,1H3,(H,24,26). The maximum absolute atomic E-state index is 12.8. The van der Waals surface area contributed by atoms with E-state index in [2.05, 4.69) is 10.0 Å². The van der Waals surface area contributed by atoms with Gasteiger partial charge in [0.05, 0.1) is 10.7 Å². The molecule has 0 radical (unpaired) electrons. The van der Waals surface area contributed by atoms with Crippen molar-refractivity contribution in [1.29, 1.82) is 0 Å². The van der Waals surface area contributed by atoms with Gasteiger partial charge in [-0.25, -0.2) is 8.42 Å². The molecule has 0 unspecified atom stereocenters. The van der Waals surface area contributed by atoms with Gasteiger partial charge in [0.15, 0.2) is 0 Å². The normalized spacial score (nSPS) is 11.2. The number of hydrogen-bond donors (Lipinski definition) is 2. The molecule has 0 spiro atoms. The molecule has 150 valence electrons. The molecular weight excluding hydrogens is 455 g/mol. The molecule has 5 nitrogen and oxygen atoms in total. The molecule has 29 heavy (non-hydrogen) atoms. The highest BCUT2D eigenvalue weighted by atomic mass is 35.5. The van der Waals surface area contributed by atoms with Crippen molar-refractivity contribution in [2.45, 2.75) is 11.8 Å². The molecule has 0 aromatic heterocycles. The van der Waals surface area contributed by atoms with E-state index in [4.69, 9.17) is 34.8 Å². The molecule has 3 aromatic carbocycles. The number of sulfonamides is 1. The van der Waals surface area contributed by atoms with E-state index in [1.807, 2.05) is 0 Å². The van der Waals surface area contributed by atoms with Crippen molar-refractivity contribution in [2.24, 2.45) is 0 Å². The summed E-state index contributed by atoms with van der Waals surface area (Å²) in [6.07, 6.45) is 0. The molecule has 9 heteroatoms. The van der Waals surface area contributed by atoms with Crippen LogP contribution in [0.5, 0.6) is 0 Å². The average Bonchev–Trinajstić information content (AvgIpc) is 2.62. The van der Waals surface area contributed by atoms with E-state index in [9.17, 15) is 13.2 Å². The minimum atomic E-state index is -4.01. The summed E-state index contributed by atoms with van der Waals surface area (Å²) >= 11 is 18.0. The van der Waals surface area contributed by atoms with Crippen molar-refractivity contribution in [3.8, 4) is 0 Å². The van der Waals surface area contributed by atoms with Crippen LogP contribution in [0.3, 0.4) is 0 Å². The predicted octanol–water partition coefficient (Wildman–Crippen LogP) is 6.01. The van der Waals surface area contributed by atoms with Crippen LogP contribution in [0, 0.1) is 6.92 Å². The fourth-order valence-corrected chi connectivity index (χ4v) is 4.75. The lowest BCUT2D eigenvalue weighted by molar-refractivity contribution is 0.102. The number of para-hydroxylation sites is 1. The van der Waals surface area contributed by atoms with Crippen molar-refractivity contribution in [2.75, 3.05) is 10.0 Å². The van der Waals surface area contributed by atoms with E-state index in [-0.39, 0.29) is 15.5 Å². The fraction of sp³-hybridized carbons (Fsp3) is 0.0500. The van der Waals surface area contributed by atoms with E-state index in [1.165, 1.54) is 36.4 Å². The van der Waals surface area contributed by atoms with Gasteiger partial charge in [-0.1, -0.05) is 53.0 Å². The largest absolute Gasteiger partial charge is 0.322 e. The summed E-state index contributed by atoms with van der Waals surface area (Å²) in [7, 11) is -4.01. The Kier molecular flexibility index (Phi) is 6.39. The summed E-state index contributed by atoms with van der Waals surface area (Å²) in [4.78, 5) is 12.4. The van der Waals surface area contributed by atoms with Crippen LogP contribution in [0.4, 0.5) is 11.4 Å². The van der Waals surface area contributed by atoms with Crippen molar-refractivity contribution < 1.29 is 13.2 Å². The summed E-state index contributed by atoms with van der Waals surface area (Å²) in [6, 6.07) is 15.5. The monoisotopic (exact) mass is 468 g/mol. The number of benzene rings is 3. The second-order valence-corrected chi connectivity index (χ2v) is 9.11. The molecule has 3 rings (SSSR count). The average molecular weight is 470 g/mol. The van der Waals surface area contributed by atoms with Gasteiger partial charge in [0.1, 0.15) is 4.90 Å². The zero-order chi connectivity index (χ0) is 21.2. The summed E-state index contributed by atoms with van der Waals surface area (Å²) in [5.41, 5.74) is 1.66. The molecule has 3 aromatic rings. The smallest absolute Gasteiger partial charge is 0.263 e. The first kappa shape index (κ1) is 21.5. The van der Waals surface area contributed by atoms with Crippen LogP contribution in [-0.2, 0) is 10.0 Å². The zero-order valence-electron chi connectivity index (χ0n) is 15.0. The number of anilines is 2. The Hall–Kier alpha value is -2.25. The van der Waals surface area contributed by atoms with Crippen molar-refractivity contribution in [1.82, 2.24) is 0 Å². The number of carbonyl (C=O) groups excluding carboxylic acids is 1. The number of aryl methyl sites for hydroxylation is 1. The number of halogens is 3. The Labute approximate surface area is 183 Å². The topological polar surface area (TPSA) is 75.3 Å². The van der Waals surface area contributed by atoms with E-state index in [0.29, 0.717) is 21.4 Å². The predicted molar refractivity (Wildman–Crippen MR) is 118 cm³/mol. The Balaban J connectivity index is 1.91. The fourth-order valence-electron chi connectivity index (χ4n) is 2.57. The Morgan fingerprint density at radius 2 is 1.55 bits per heavy atom. The van der Waals surface area contributed by atoms with Crippen molar-refractivity contribution in [3.05, 3.63) is 86.9 Å². The number of hydrogen-bond acceptors (Lipinski definition) is 3. The second kappa shape index (κ2) is 8.63. The molecule has 0 aliphatic rings. The first-order valence-electron chi connectivity index (χ1n) is 8.31. The van der Waals surface area contributed by atoms with Crippen LogP contribution in [0.25, 0.3) is 0 Å². The van der Waals surface area contributed by atoms with Gasteiger partial charge in [0.2, 0.25) is 0 Å². The second-order valence-electron chi connectivity index (χ2n) is 6.18. The molecule has 0 fully saturated rings. The van der Waals surface area contributed by atoms with Gasteiger partial charge in [0, 0.05) is 21.3 Å². The van der Waals surface area contributed by atoms with Gasteiger partial charge >= 0.3 is 0 Å². The first-order chi connectivity index (χ1) is 13.7. The maximum Gasteiger partial charge on any atom is 0.263 e. The molecule has 1 amide bonds. The van der Waals surface area contributed by atoms with Gasteiger partial charge in [-0.2, -0.15) is 0 Å². The summed E-state index contributed by atoms with van der Waals surface area (Å²) in [5, 5.41) is 3.34. The van der Waals surface area contributed by atoms with Crippen LogP contribution < -0.4 is 10.0 Å². The summed E-state index contributed by atoms with van der Waals surface area (Å²) < 4.78 is 28.2. The highest BCUT2D eigenvalue weighted by Crippen LogP contribution is 2.27. The molecular formula is C20H15Cl3N2O3S. The molecule has 0 saturated heterocycles. The number of rotatable bonds is 5. The van der Waals surface area contributed by atoms with E-state index >= 15 is 0 Å². The number of nitrogens with one attached hydrogen (secondary N) is 2. The van der Waals surface area contributed by atoms with Gasteiger partial charge < -0.3 is 5.32 Å². The highest BCUT2D eigenvalue weighted by molar-refractivity contribution is 7.92. The summed E-state index contributed by atoms with van der Waals surface area (Å²) in [6.45, 7) is 1.78. The molecule has 0 aliphatic heterocycles. The van der Waals surface area contributed by atoms with Gasteiger partial charge in [-0.05, 0) is 55.0 Å². The minimum Gasteiger partial charge on any atom is -0.322 e. The molecule has 0 heterocycles. The first-order valence-corrected chi connectivity index (χ1v) is 10.9.